The predicted octanol–water partition coefficient (Wildman–Crippen LogP) is 4.51. The van der Waals surface area contributed by atoms with Crippen molar-refractivity contribution in [3.63, 3.8) is 0 Å². The SMILES string of the molecule is N#CC(C#N)=C(C#N)Nc1cc(Cl)ccc1Oc1cccc(F)c1. The van der Waals surface area contributed by atoms with Crippen LogP contribution in [0.1, 0.15) is 0 Å². The Labute approximate surface area is 142 Å². The van der Waals surface area contributed by atoms with Crippen LogP contribution in [0.2, 0.25) is 5.02 Å². The number of rotatable bonds is 4. The van der Waals surface area contributed by atoms with Gasteiger partial charge in [0.25, 0.3) is 0 Å². The van der Waals surface area contributed by atoms with E-state index in [-0.39, 0.29) is 28.5 Å². The molecule has 2 rings (SSSR count). The zero-order valence-corrected chi connectivity index (χ0v) is 12.8. The standard InChI is InChI=1S/C17H8ClFN4O/c18-12-4-5-17(24-14-3-1-2-13(19)7-14)15(6-12)23-16(10-22)11(8-20)9-21/h1-7,23H. The van der Waals surface area contributed by atoms with Crippen molar-refractivity contribution < 1.29 is 9.13 Å². The molecule has 0 aliphatic heterocycles. The molecule has 5 nitrogen and oxygen atoms in total. The molecule has 1 N–H and O–H groups in total. The number of allylic oxidation sites excluding steroid dienone is 2. The van der Waals surface area contributed by atoms with Gasteiger partial charge in [-0.2, -0.15) is 15.8 Å². The Bertz CT molecular complexity index is 919. The van der Waals surface area contributed by atoms with Crippen LogP contribution in [0, 0.1) is 39.8 Å². The number of hydrogen-bond donors (Lipinski definition) is 1. The topological polar surface area (TPSA) is 92.6 Å². The molecule has 24 heavy (non-hydrogen) atoms. The van der Waals surface area contributed by atoms with E-state index in [1.54, 1.807) is 30.3 Å². The van der Waals surface area contributed by atoms with Crippen LogP contribution < -0.4 is 10.1 Å². The Balaban J connectivity index is 2.42. The number of nitriles is 3. The molecule has 2 aromatic carbocycles. The van der Waals surface area contributed by atoms with E-state index in [0.29, 0.717) is 5.02 Å². The fraction of sp³-hybridized carbons (Fsp3) is 0. The maximum atomic E-state index is 13.3. The molecule has 0 heterocycles. The number of benzene rings is 2. The second-order valence-corrected chi connectivity index (χ2v) is 4.85. The quantitative estimate of drug-likeness (QED) is 0.828. The lowest BCUT2D eigenvalue weighted by Gasteiger charge is -2.13. The van der Waals surface area contributed by atoms with Gasteiger partial charge in [-0.3, -0.25) is 0 Å². The summed E-state index contributed by atoms with van der Waals surface area (Å²) >= 11 is 5.93. The normalized spacial score (nSPS) is 9.12. The van der Waals surface area contributed by atoms with Crippen molar-refractivity contribution in [3.8, 4) is 29.7 Å². The van der Waals surface area contributed by atoms with E-state index in [0.717, 1.165) is 0 Å². The van der Waals surface area contributed by atoms with E-state index in [9.17, 15) is 4.39 Å². The summed E-state index contributed by atoms with van der Waals surface area (Å²) < 4.78 is 18.8. The predicted molar refractivity (Wildman–Crippen MR) is 85.4 cm³/mol. The van der Waals surface area contributed by atoms with Gasteiger partial charge in [-0.05, 0) is 30.3 Å². The van der Waals surface area contributed by atoms with Crippen molar-refractivity contribution in [1.29, 1.82) is 15.8 Å². The molecule has 0 unspecified atom stereocenters. The first-order valence-electron chi connectivity index (χ1n) is 6.52. The van der Waals surface area contributed by atoms with E-state index in [1.807, 2.05) is 0 Å². The van der Waals surface area contributed by atoms with Gasteiger partial charge >= 0.3 is 0 Å². The van der Waals surface area contributed by atoms with Crippen LogP contribution in [0.3, 0.4) is 0 Å². The molecule has 0 aliphatic rings. The molecule has 0 saturated carbocycles. The summed E-state index contributed by atoms with van der Waals surface area (Å²) in [6, 6.07) is 15.0. The molecule has 116 valence electrons. The molecule has 0 spiro atoms. The summed E-state index contributed by atoms with van der Waals surface area (Å²) in [5, 5.41) is 29.8. The Morgan fingerprint density at radius 3 is 2.42 bits per heavy atom. The first-order valence-corrected chi connectivity index (χ1v) is 6.89. The molecule has 0 saturated heterocycles. The first-order chi connectivity index (χ1) is 11.6. The summed E-state index contributed by atoms with van der Waals surface area (Å²) in [7, 11) is 0. The van der Waals surface area contributed by atoms with Gasteiger partial charge in [0.05, 0.1) is 5.69 Å². The van der Waals surface area contributed by atoms with Crippen molar-refractivity contribution in [2.75, 3.05) is 5.32 Å². The Hall–Kier alpha value is -3.53. The maximum absolute atomic E-state index is 13.3. The van der Waals surface area contributed by atoms with Crippen LogP contribution in [-0.2, 0) is 0 Å². The fourth-order valence-electron chi connectivity index (χ4n) is 1.76. The van der Waals surface area contributed by atoms with Crippen LogP contribution in [0.25, 0.3) is 0 Å². The Morgan fingerprint density at radius 1 is 1.04 bits per heavy atom. The lowest BCUT2D eigenvalue weighted by atomic mass is 10.2. The van der Waals surface area contributed by atoms with E-state index in [4.69, 9.17) is 32.1 Å². The number of hydrogen-bond acceptors (Lipinski definition) is 5. The maximum Gasteiger partial charge on any atom is 0.163 e. The first kappa shape index (κ1) is 16.8. The third-order valence-corrected chi connectivity index (χ3v) is 3.05. The minimum Gasteiger partial charge on any atom is -0.455 e. The average Bonchev–Trinajstić information content (AvgIpc) is 2.57. The van der Waals surface area contributed by atoms with Crippen LogP contribution >= 0.6 is 11.6 Å². The number of nitrogens with zero attached hydrogens (tertiary/aromatic N) is 3. The largest absolute Gasteiger partial charge is 0.455 e. The van der Waals surface area contributed by atoms with Gasteiger partial charge in [-0.15, -0.1) is 0 Å². The van der Waals surface area contributed by atoms with Gasteiger partial charge < -0.3 is 10.1 Å². The van der Waals surface area contributed by atoms with Crippen molar-refractivity contribution in [3.05, 3.63) is 64.6 Å². The highest BCUT2D eigenvalue weighted by atomic mass is 35.5. The molecule has 0 aromatic heterocycles. The van der Waals surface area contributed by atoms with Crippen LogP contribution in [0.5, 0.6) is 11.5 Å². The molecule has 0 aliphatic carbocycles. The van der Waals surface area contributed by atoms with E-state index < -0.39 is 5.82 Å². The molecule has 0 amide bonds. The summed E-state index contributed by atoms with van der Waals surface area (Å²) in [5.74, 6) is 0.0152. The van der Waals surface area contributed by atoms with Crippen LogP contribution in [-0.4, -0.2) is 0 Å². The van der Waals surface area contributed by atoms with Crippen molar-refractivity contribution >= 4 is 17.3 Å². The van der Waals surface area contributed by atoms with E-state index in [2.05, 4.69) is 5.32 Å². The molecule has 7 heteroatoms. The zero-order chi connectivity index (χ0) is 17.5. The number of nitrogens with one attached hydrogen (secondary N) is 1. The molecule has 0 atom stereocenters. The smallest absolute Gasteiger partial charge is 0.163 e. The summed E-state index contributed by atoms with van der Waals surface area (Å²) in [6.07, 6.45) is 0. The van der Waals surface area contributed by atoms with Gasteiger partial charge in [0.2, 0.25) is 0 Å². The summed E-state index contributed by atoms with van der Waals surface area (Å²) in [6.45, 7) is 0. The number of ether oxygens (including phenoxy) is 1. The third-order valence-electron chi connectivity index (χ3n) is 2.81. The number of halogens is 2. The zero-order valence-electron chi connectivity index (χ0n) is 12.0. The lowest BCUT2D eigenvalue weighted by Crippen LogP contribution is -2.02. The molecular formula is C17H8ClFN4O. The second kappa shape index (κ2) is 7.65. The highest BCUT2D eigenvalue weighted by Gasteiger charge is 2.12. The van der Waals surface area contributed by atoms with Gasteiger partial charge in [-0.1, -0.05) is 17.7 Å². The van der Waals surface area contributed by atoms with Crippen LogP contribution in [0.4, 0.5) is 10.1 Å². The number of anilines is 1. The third kappa shape index (κ3) is 4.01. The average molecular weight is 339 g/mol. The summed E-state index contributed by atoms with van der Waals surface area (Å²) in [5.41, 5.74) is -0.369. The lowest BCUT2D eigenvalue weighted by molar-refractivity contribution is 0.478. The molecule has 0 radical (unpaired) electrons. The van der Waals surface area contributed by atoms with Crippen molar-refractivity contribution in [1.82, 2.24) is 0 Å². The van der Waals surface area contributed by atoms with Gasteiger partial charge in [0.15, 0.2) is 11.3 Å². The highest BCUT2D eigenvalue weighted by Crippen LogP contribution is 2.33. The van der Waals surface area contributed by atoms with Crippen molar-refractivity contribution in [2.24, 2.45) is 0 Å². The minimum absolute atomic E-state index is 0.239. The molecule has 2 aromatic rings. The molecular weight excluding hydrogens is 331 g/mol. The minimum atomic E-state index is -0.468. The van der Waals surface area contributed by atoms with Gasteiger partial charge in [0, 0.05) is 11.1 Å². The van der Waals surface area contributed by atoms with Gasteiger partial charge in [-0.25, -0.2) is 4.39 Å². The molecule has 0 fully saturated rings. The fourth-order valence-corrected chi connectivity index (χ4v) is 1.94. The molecule has 0 bridgehead atoms. The van der Waals surface area contributed by atoms with E-state index in [1.165, 1.54) is 30.3 Å². The van der Waals surface area contributed by atoms with Crippen molar-refractivity contribution in [2.45, 2.75) is 0 Å². The Morgan fingerprint density at radius 2 is 1.79 bits per heavy atom. The monoisotopic (exact) mass is 338 g/mol. The Kier molecular flexibility index (Phi) is 5.36. The summed E-state index contributed by atoms with van der Waals surface area (Å²) in [4.78, 5) is 0. The second-order valence-electron chi connectivity index (χ2n) is 4.41. The van der Waals surface area contributed by atoms with E-state index >= 15 is 0 Å². The van der Waals surface area contributed by atoms with Crippen LogP contribution in [0.15, 0.2) is 53.7 Å². The van der Waals surface area contributed by atoms with Gasteiger partial charge in [0.1, 0.15) is 35.5 Å². The highest BCUT2D eigenvalue weighted by molar-refractivity contribution is 6.31.